The fraction of sp³-hybridized carbons (Fsp3) is 0.438. The van der Waals surface area contributed by atoms with Crippen LogP contribution in [0.2, 0.25) is 0 Å². The van der Waals surface area contributed by atoms with Crippen LogP contribution in [0.5, 0.6) is 0 Å². The molecule has 2 aromatic heterocycles. The van der Waals surface area contributed by atoms with Gasteiger partial charge in [-0.25, -0.2) is 4.98 Å². The second-order valence-electron chi connectivity index (χ2n) is 5.55. The molecule has 1 saturated heterocycles. The largest absolute Gasteiger partial charge is 0.383 e. The molecule has 7 heteroatoms. The van der Waals surface area contributed by atoms with Gasteiger partial charge in [0.05, 0.1) is 13.2 Å². The Bertz CT molecular complexity index is 643. The van der Waals surface area contributed by atoms with E-state index in [0.717, 1.165) is 25.3 Å². The Labute approximate surface area is 135 Å². The van der Waals surface area contributed by atoms with Crippen LogP contribution >= 0.6 is 0 Å². The molecular weight excluding hydrogens is 294 g/mol. The summed E-state index contributed by atoms with van der Waals surface area (Å²) in [5.41, 5.74) is 0.442. The molecule has 0 bridgehead atoms. The first-order chi connectivity index (χ1) is 11.3. The minimum Gasteiger partial charge on any atom is -0.383 e. The number of ether oxygens (including phenoxy) is 1. The van der Waals surface area contributed by atoms with Gasteiger partial charge in [0.2, 0.25) is 0 Å². The predicted octanol–water partition coefficient (Wildman–Crippen LogP) is 0.933. The molecular formula is C16H21N5O2. The fourth-order valence-corrected chi connectivity index (χ4v) is 2.68. The van der Waals surface area contributed by atoms with Gasteiger partial charge in [0.15, 0.2) is 0 Å². The Morgan fingerprint density at radius 3 is 3.13 bits per heavy atom. The van der Waals surface area contributed by atoms with Gasteiger partial charge in [-0.3, -0.25) is 9.48 Å². The molecule has 0 saturated carbocycles. The van der Waals surface area contributed by atoms with E-state index in [1.54, 1.807) is 30.3 Å². The van der Waals surface area contributed by atoms with Crippen LogP contribution in [0, 0.1) is 0 Å². The van der Waals surface area contributed by atoms with Crippen molar-refractivity contribution in [3.8, 4) is 0 Å². The first-order valence-corrected chi connectivity index (χ1v) is 7.75. The normalized spacial score (nSPS) is 17.4. The standard InChI is InChI=1S/C16H21N5O2/c1-23-11-10-21-9-6-14(19-21)16(22)18-13-5-8-20(12-13)15-4-2-3-7-17-15/h2-4,6-7,9,13H,5,8,10-12H2,1H3,(H,18,22)/t13-/m0/s1. The zero-order valence-corrected chi connectivity index (χ0v) is 13.2. The minimum absolute atomic E-state index is 0.119. The van der Waals surface area contributed by atoms with Gasteiger partial charge < -0.3 is 15.0 Å². The van der Waals surface area contributed by atoms with Crippen molar-refractivity contribution in [3.63, 3.8) is 0 Å². The number of carbonyl (C=O) groups excluding carboxylic acids is 1. The Hall–Kier alpha value is -2.41. The van der Waals surface area contributed by atoms with Crippen molar-refractivity contribution in [3.05, 3.63) is 42.4 Å². The van der Waals surface area contributed by atoms with Crippen LogP contribution < -0.4 is 10.2 Å². The van der Waals surface area contributed by atoms with Crippen molar-refractivity contribution in [1.29, 1.82) is 0 Å². The Balaban J connectivity index is 1.53. The highest BCUT2D eigenvalue weighted by Gasteiger charge is 2.25. The smallest absolute Gasteiger partial charge is 0.272 e. The van der Waals surface area contributed by atoms with Gasteiger partial charge in [-0.05, 0) is 24.6 Å². The van der Waals surface area contributed by atoms with E-state index in [9.17, 15) is 4.79 Å². The van der Waals surface area contributed by atoms with Gasteiger partial charge >= 0.3 is 0 Å². The number of methoxy groups -OCH3 is 1. The Kier molecular flexibility index (Phi) is 4.87. The SMILES string of the molecule is COCCn1ccc(C(=O)N[C@H]2CCN(c3ccccn3)C2)n1. The predicted molar refractivity (Wildman–Crippen MR) is 86.4 cm³/mol. The monoisotopic (exact) mass is 315 g/mol. The quantitative estimate of drug-likeness (QED) is 0.859. The lowest BCUT2D eigenvalue weighted by Gasteiger charge is -2.17. The van der Waals surface area contributed by atoms with Crippen LogP contribution in [-0.4, -0.2) is 53.5 Å². The summed E-state index contributed by atoms with van der Waals surface area (Å²) in [5, 5.41) is 7.31. The van der Waals surface area contributed by atoms with Crippen molar-refractivity contribution in [2.75, 3.05) is 31.7 Å². The number of rotatable bonds is 6. The van der Waals surface area contributed by atoms with E-state index < -0.39 is 0 Å². The minimum atomic E-state index is -0.131. The molecule has 1 aliphatic rings. The highest BCUT2D eigenvalue weighted by atomic mass is 16.5. The molecule has 1 atom stereocenters. The number of anilines is 1. The lowest BCUT2D eigenvalue weighted by Crippen LogP contribution is -2.37. The maximum absolute atomic E-state index is 12.3. The van der Waals surface area contributed by atoms with Gasteiger partial charge in [-0.2, -0.15) is 5.10 Å². The number of pyridine rings is 1. The van der Waals surface area contributed by atoms with E-state index in [2.05, 4.69) is 20.3 Å². The van der Waals surface area contributed by atoms with E-state index >= 15 is 0 Å². The van der Waals surface area contributed by atoms with Gasteiger partial charge in [0.1, 0.15) is 11.5 Å². The van der Waals surface area contributed by atoms with Gasteiger partial charge in [0, 0.05) is 38.6 Å². The Morgan fingerprint density at radius 2 is 2.35 bits per heavy atom. The molecule has 7 nitrogen and oxygen atoms in total. The molecule has 1 amide bonds. The van der Waals surface area contributed by atoms with E-state index in [4.69, 9.17) is 4.74 Å². The lowest BCUT2D eigenvalue weighted by molar-refractivity contribution is 0.0934. The van der Waals surface area contributed by atoms with Crippen LogP contribution in [0.15, 0.2) is 36.7 Å². The van der Waals surface area contributed by atoms with Crippen LogP contribution in [0.3, 0.4) is 0 Å². The first-order valence-electron chi connectivity index (χ1n) is 7.75. The van der Waals surface area contributed by atoms with Crippen molar-refractivity contribution in [2.24, 2.45) is 0 Å². The third kappa shape index (κ3) is 3.87. The summed E-state index contributed by atoms with van der Waals surface area (Å²) in [6.07, 6.45) is 4.49. The van der Waals surface area contributed by atoms with Crippen LogP contribution in [0.25, 0.3) is 0 Å². The van der Waals surface area contributed by atoms with E-state index in [1.807, 2.05) is 18.2 Å². The number of aromatic nitrogens is 3. The van der Waals surface area contributed by atoms with Gasteiger partial charge in [-0.15, -0.1) is 0 Å². The highest BCUT2D eigenvalue weighted by molar-refractivity contribution is 5.92. The first kappa shape index (κ1) is 15.5. The summed E-state index contributed by atoms with van der Waals surface area (Å²) < 4.78 is 6.72. The number of hydrogen-bond acceptors (Lipinski definition) is 5. The lowest BCUT2D eigenvalue weighted by atomic mass is 10.2. The molecule has 1 aliphatic heterocycles. The van der Waals surface area contributed by atoms with Gasteiger partial charge in [-0.1, -0.05) is 6.07 Å². The number of nitrogens with zero attached hydrogens (tertiary/aromatic N) is 4. The summed E-state index contributed by atoms with van der Waals surface area (Å²) in [7, 11) is 1.64. The van der Waals surface area contributed by atoms with Crippen LogP contribution in [0.4, 0.5) is 5.82 Å². The molecule has 0 aromatic carbocycles. The Morgan fingerprint density at radius 1 is 1.43 bits per heavy atom. The second-order valence-corrected chi connectivity index (χ2v) is 5.55. The molecule has 0 unspecified atom stereocenters. The molecule has 3 heterocycles. The average molecular weight is 315 g/mol. The van der Waals surface area contributed by atoms with E-state index in [1.165, 1.54) is 0 Å². The fourth-order valence-electron chi connectivity index (χ4n) is 2.68. The number of amides is 1. The third-order valence-corrected chi connectivity index (χ3v) is 3.89. The van der Waals surface area contributed by atoms with E-state index in [0.29, 0.717) is 18.8 Å². The van der Waals surface area contributed by atoms with Crippen molar-refractivity contribution >= 4 is 11.7 Å². The number of hydrogen-bond donors (Lipinski definition) is 1. The molecule has 1 fully saturated rings. The second kappa shape index (κ2) is 7.23. The molecule has 23 heavy (non-hydrogen) atoms. The highest BCUT2D eigenvalue weighted by Crippen LogP contribution is 2.17. The molecule has 0 aliphatic carbocycles. The van der Waals surface area contributed by atoms with E-state index in [-0.39, 0.29) is 11.9 Å². The maximum Gasteiger partial charge on any atom is 0.272 e. The number of nitrogens with one attached hydrogen (secondary N) is 1. The van der Waals surface area contributed by atoms with Gasteiger partial charge in [0.25, 0.3) is 5.91 Å². The van der Waals surface area contributed by atoms with Crippen molar-refractivity contribution in [2.45, 2.75) is 19.0 Å². The molecule has 122 valence electrons. The summed E-state index contributed by atoms with van der Waals surface area (Å²) in [4.78, 5) is 18.8. The average Bonchev–Trinajstić information content (AvgIpc) is 3.23. The molecule has 0 radical (unpaired) electrons. The van der Waals surface area contributed by atoms with Crippen molar-refractivity contribution in [1.82, 2.24) is 20.1 Å². The van der Waals surface area contributed by atoms with Crippen molar-refractivity contribution < 1.29 is 9.53 Å². The summed E-state index contributed by atoms with van der Waals surface area (Å²) in [6, 6.07) is 7.71. The van der Waals surface area contributed by atoms with Crippen LogP contribution in [0.1, 0.15) is 16.9 Å². The topological polar surface area (TPSA) is 72.3 Å². The zero-order chi connectivity index (χ0) is 16.1. The molecule has 1 N–H and O–H groups in total. The molecule has 0 spiro atoms. The number of carbonyl (C=O) groups is 1. The zero-order valence-electron chi connectivity index (χ0n) is 13.2. The molecule has 3 rings (SSSR count). The summed E-state index contributed by atoms with van der Waals surface area (Å²) >= 11 is 0. The molecule has 2 aromatic rings. The summed E-state index contributed by atoms with van der Waals surface area (Å²) in [5.74, 6) is 0.821. The summed E-state index contributed by atoms with van der Waals surface area (Å²) in [6.45, 7) is 2.88. The maximum atomic E-state index is 12.3. The third-order valence-electron chi connectivity index (χ3n) is 3.89. The van der Waals surface area contributed by atoms with Crippen LogP contribution in [-0.2, 0) is 11.3 Å².